The largest absolute Gasteiger partial charge is 0.335 e. The van der Waals surface area contributed by atoms with E-state index in [1.807, 2.05) is 12.4 Å². The molecule has 20 heavy (non-hydrogen) atoms. The second-order valence-corrected chi connectivity index (χ2v) is 4.94. The number of hydrazine groups is 1. The highest BCUT2D eigenvalue weighted by molar-refractivity contribution is 5.17. The van der Waals surface area contributed by atoms with Crippen molar-refractivity contribution in [3.8, 4) is 0 Å². The van der Waals surface area contributed by atoms with Gasteiger partial charge in [-0.1, -0.05) is 19.1 Å². The first-order valence-corrected chi connectivity index (χ1v) is 6.93. The van der Waals surface area contributed by atoms with E-state index < -0.39 is 0 Å². The highest BCUT2D eigenvalue weighted by Gasteiger charge is 2.12. The number of aromatic nitrogens is 2. The van der Waals surface area contributed by atoms with Crippen LogP contribution in [0.15, 0.2) is 36.7 Å². The summed E-state index contributed by atoms with van der Waals surface area (Å²) >= 11 is 0. The van der Waals surface area contributed by atoms with Crippen LogP contribution in [0.1, 0.15) is 24.7 Å². The van der Waals surface area contributed by atoms with Crippen LogP contribution in [-0.4, -0.2) is 15.6 Å². The van der Waals surface area contributed by atoms with Gasteiger partial charge in [0, 0.05) is 31.4 Å². The normalized spacial score (nSPS) is 12.6. The van der Waals surface area contributed by atoms with E-state index >= 15 is 0 Å². The molecule has 1 aromatic heterocycles. The van der Waals surface area contributed by atoms with Crippen molar-refractivity contribution in [1.29, 1.82) is 0 Å². The molecule has 1 heterocycles. The predicted octanol–water partition coefficient (Wildman–Crippen LogP) is 2.05. The summed E-state index contributed by atoms with van der Waals surface area (Å²) in [6, 6.07) is 6.61. The molecule has 108 valence electrons. The van der Waals surface area contributed by atoms with Crippen LogP contribution in [0.25, 0.3) is 0 Å². The van der Waals surface area contributed by atoms with Crippen LogP contribution in [0.2, 0.25) is 0 Å². The predicted molar refractivity (Wildman–Crippen MR) is 77.4 cm³/mol. The lowest BCUT2D eigenvalue weighted by atomic mass is 10.0. The summed E-state index contributed by atoms with van der Waals surface area (Å²) in [4.78, 5) is 4.39. The number of halogens is 1. The van der Waals surface area contributed by atoms with Crippen LogP contribution in [0.5, 0.6) is 0 Å². The van der Waals surface area contributed by atoms with Gasteiger partial charge >= 0.3 is 0 Å². The van der Waals surface area contributed by atoms with E-state index in [4.69, 9.17) is 5.84 Å². The summed E-state index contributed by atoms with van der Waals surface area (Å²) in [6.07, 6.45) is 6.37. The Morgan fingerprint density at radius 3 is 2.70 bits per heavy atom. The SMILES string of the molecule is CCCn1ccnc1CC(Cc1ccc(F)cc1)NN. The third-order valence-corrected chi connectivity index (χ3v) is 3.33. The first-order valence-electron chi connectivity index (χ1n) is 6.93. The van der Waals surface area contributed by atoms with Gasteiger partial charge in [-0.3, -0.25) is 11.3 Å². The number of benzene rings is 1. The minimum atomic E-state index is -0.218. The van der Waals surface area contributed by atoms with Gasteiger partial charge in [0.15, 0.2) is 0 Å². The average molecular weight is 276 g/mol. The second-order valence-electron chi connectivity index (χ2n) is 4.94. The lowest BCUT2D eigenvalue weighted by molar-refractivity contribution is 0.495. The second kappa shape index (κ2) is 7.17. The van der Waals surface area contributed by atoms with Gasteiger partial charge in [-0.25, -0.2) is 9.37 Å². The summed E-state index contributed by atoms with van der Waals surface area (Å²) in [5.74, 6) is 6.44. The third kappa shape index (κ3) is 3.88. The van der Waals surface area contributed by atoms with Gasteiger partial charge in [-0.05, 0) is 30.5 Å². The maximum absolute atomic E-state index is 12.9. The van der Waals surface area contributed by atoms with Gasteiger partial charge in [-0.2, -0.15) is 0 Å². The number of hydrogen-bond acceptors (Lipinski definition) is 3. The molecule has 4 nitrogen and oxygen atoms in total. The van der Waals surface area contributed by atoms with Crippen molar-refractivity contribution in [2.24, 2.45) is 5.84 Å². The maximum Gasteiger partial charge on any atom is 0.123 e. The number of aryl methyl sites for hydroxylation is 1. The molecule has 0 saturated carbocycles. The molecule has 0 bridgehead atoms. The summed E-state index contributed by atoms with van der Waals surface area (Å²) in [5.41, 5.74) is 3.88. The molecule has 0 aliphatic carbocycles. The Kier molecular flexibility index (Phi) is 5.26. The van der Waals surface area contributed by atoms with E-state index in [1.54, 1.807) is 12.1 Å². The molecule has 1 atom stereocenters. The zero-order chi connectivity index (χ0) is 14.4. The van der Waals surface area contributed by atoms with Crippen molar-refractivity contribution >= 4 is 0 Å². The first-order chi connectivity index (χ1) is 9.72. The monoisotopic (exact) mass is 276 g/mol. The van der Waals surface area contributed by atoms with Crippen LogP contribution >= 0.6 is 0 Å². The average Bonchev–Trinajstić information content (AvgIpc) is 2.88. The molecule has 2 aromatic rings. The van der Waals surface area contributed by atoms with Crippen molar-refractivity contribution in [3.63, 3.8) is 0 Å². The highest BCUT2D eigenvalue weighted by atomic mass is 19.1. The molecular weight excluding hydrogens is 255 g/mol. The van der Waals surface area contributed by atoms with Crippen LogP contribution < -0.4 is 11.3 Å². The molecule has 0 aliphatic rings. The van der Waals surface area contributed by atoms with E-state index in [0.29, 0.717) is 0 Å². The topological polar surface area (TPSA) is 55.9 Å². The molecule has 0 radical (unpaired) electrons. The fourth-order valence-electron chi connectivity index (χ4n) is 2.29. The van der Waals surface area contributed by atoms with Crippen molar-refractivity contribution in [3.05, 3.63) is 53.9 Å². The standard InChI is InChI=1S/C15H21FN4/c1-2-8-20-9-7-18-15(20)11-14(19-17)10-12-3-5-13(16)6-4-12/h3-7,9,14,19H,2,8,10-11,17H2,1H3. The van der Waals surface area contributed by atoms with E-state index in [-0.39, 0.29) is 11.9 Å². The third-order valence-electron chi connectivity index (χ3n) is 3.33. The van der Waals surface area contributed by atoms with Crippen LogP contribution in [0.4, 0.5) is 4.39 Å². The highest BCUT2D eigenvalue weighted by Crippen LogP contribution is 2.09. The number of rotatable bonds is 7. The van der Waals surface area contributed by atoms with Gasteiger partial charge in [0.1, 0.15) is 11.6 Å². The van der Waals surface area contributed by atoms with Crippen molar-refractivity contribution in [2.45, 2.75) is 38.8 Å². The molecule has 0 amide bonds. The van der Waals surface area contributed by atoms with E-state index in [2.05, 4.69) is 21.9 Å². The zero-order valence-corrected chi connectivity index (χ0v) is 11.7. The van der Waals surface area contributed by atoms with Gasteiger partial charge in [0.05, 0.1) is 0 Å². The number of nitrogens with one attached hydrogen (secondary N) is 1. The Balaban J connectivity index is 2.01. The number of hydrogen-bond donors (Lipinski definition) is 2. The quantitative estimate of drug-likeness (QED) is 0.601. The lowest BCUT2D eigenvalue weighted by Crippen LogP contribution is -2.39. The molecule has 0 saturated heterocycles. The Hall–Kier alpha value is -1.72. The summed E-state index contributed by atoms with van der Waals surface area (Å²) in [6.45, 7) is 3.10. The molecule has 1 unspecified atom stereocenters. The van der Waals surface area contributed by atoms with Crippen LogP contribution in [0.3, 0.4) is 0 Å². The van der Waals surface area contributed by atoms with Crippen LogP contribution in [-0.2, 0) is 19.4 Å². The Labute approximate surface area is 118 Å². The molecule has 0 aliphatic heterocycles. The number of nitrogens with zero attached hydrogens (tertiary/aromatic N) is 2. The number of nitrogens with two attached hydrogens (primary N) is 1. The Bertz CT molecular complexity index is 521. The molecule has 5 heteroatoms. The van der Waals surface area contributed by atoms with Crippen molar-refractivity contribution < 1.29 is 4.39 Å². The first kappa shape index (κ1) is 14.7. The maximum atomic E-state index is 12.9. The molecule has 2 rings (SSSR count). The summed E-state index contributed by atoms with van der Waals surface area (Å²) in [5, 5.41) is 0. The molecule has 3 N–H and O–H groups in total. The fraction of sp³-hybridized carbons (Fsp3) is 0.400. The Morgan fingerprint density at radius 1 is 1.30 bits per heavy atom. The molecule has 0 spiro atoms. The molecule has 1 aromatic carbocycles. The van der Waals surface area contributed by atoms with E-state index in [0.717, 1.165) is 37.2 Å². The minimum Gasteiger partial charge on any atom is -0.335 e. The smallest absolute Gasteiger partial charge is 0.123 e. The molecular formula is C15H21FN4. The number of imidazole rings is 1. The van der Waals surface area contributed by atoms with Crippen molar-refractivity contribution in [1.82, 2.24) is 15.0 Å². The summed E-state index contributed by atoms with van der Waals surface area (Å²) < 4.78 is 15.0. The minimum absolute atomic E-state index is 0.0819. The summed E-state index contributed by atoms with van der Waals surface area (Å²) in [7, 11) is 0. The van der Waals surface area contributed by atoms with Gasteiger partial charge < -0.3 is 4.57 Å². The van der Waals surface area contributed by atoms with E-state index in [9.17, 15) is 4.39 Å². The molecule has 0 fully saturated rings. The van der Waals surface area contributed by atoms with E-state index in [1.165, 1.54) is 12.1 Å². The lowest BCUT2D eigenvalue weighted by Gasteiger charge is -2.16. The van der Waals surface area contributed by atoms with Gasteiger partial charge in [-0.15, -0.1) is 0 Å². The fourth-order valence-corrected chi connectivity index (χ4v) is 2.29. The van der Waals surface area contributed by atoms with Crippen LogP contribution in [0, 0.1) is 5.82 Å². The zero-order valence-electron chi connectivity index (χ0n) is 11.7. The van der Waals surface area contributed by atoms with Gasteiger partial charge in [0.2, 0.25) is 0 Å². The Morgan fingerprint density at radius 2 is 2.05 bits per heavy atom. The van der Waals surface area contributed by atoms with Gasteiger partial charge in [0.25, 0.3) is 0 Å². The van der Waals surface area contributed by atoms with Crippen molar-refractivity contribution in [2.75, 3.05) is 0 Å².